The fraction of sp³-hybridized carbons (Fsp3) is 0.917. The Morgan fingerprint density at radius 1 is 1.53 bits per heavy atom. The number of rotatable bonds is 2. The van der Waals surface area contributed by atoms with Crippen molar-refractivity contribution in [2.75, 3.05) is 6.54 Å². The summed E-state index contributed by atoms with van der Waals surface area (Å²) in [4.78, 5) is 14.8. The van der Waals surface area contributed by atoms with Crippen LogP contribution in [0, 0.1) is 11.8 Å². The summed E-state index contributed by atoms with van der Waals surface area (Å²) in [7, 11) is 0. The third-order valence-corrected chi connectivity index (χ3v) is 5.16. The van der Waals surface area contributed by atoms with Crippen LogP contribution in [0.15, 0.2) is 0 Å². The van der Waals surface area contributed by atoms with Gasteiger partial charge in [0, 0.05) is 23.3 Å². The number of likely N-dealkylation sites (tertiary alicyclic amines) is 1. The third kappa shape index (κ3) is 2.22. The minimum atomic E-state index is 0.357. The average Bonchev–Trinajstić information content (AvgIpc) is 3.00. The highest BCUT2D eigenvalue weighted by Gasteiger charge is 2.45. The number of carbonyl (C=O) groups excluding carboxylic acids is 1. The van der Waals surface area contributed by atoms with Gasteiger partial charge >= 0.3 is 0 Å². The second kappa shape index (κ2) is 4.44. The third-order valence-electron chi connectivity index (χ3n) is 3.94. The molecule has 1 aliphatic carbocycles. The molecule has 1 heterocycles. The van der Waals surface area contributed by atoms with Gasteiger partial charge in [0.1, 0.15) is 0 Å². The minimum absolute atomic E-state index is 0.357. The topological polar surface area (TPSA) is 20.3 Å². The molecule has 4 unspecified atom stereocenters. The van der Waals surface area contributed by atoms with Gasteiger partial charge in [-0.2, -0.15) is 0 Å². The number of nitrogens with zero attached hydrogens (tertiary/aromatic N) is 1. The van der Waals surface area contributed by atoms with Crippen molar-refractivity contribution in [2.45, 2.75) is 50.4 Å². The van der Waals surface area contributed by atoms with Gasteiger partial charge in [0.2, 0.25) is 5.91 Å². The number of hydrogen-bond donors (Lipinski definition) is 0. The second-order valence-electron chi connectivity index (χ2n) is 4.94. The van der Waals surface area contributed by atoms with Crippen molar-refractivity contribution in [3.05, 3.63) is 0 Å². The number of carbonyl (C=O) groups is 1. The normalized spacial score (nSPS) is 40.3. The Morgan fingerprint density at radius 3 is 2.87 bits per heavy atom. The van der Waals surface area contributed by atoms with E-state index in [4.69, 9.17) is 0 Å². The second-order valence-corrected chi connectivity index (χ2v) is 6.12. The van der Waals surface area contributed by atoms with E-state index in [9.17, 15) is 4.79 Å². The molecule has 4 atom stereocenters. The molecular weight excluding hydrogens is 254 g/mol. The van der Waals surface area contributed by atoms with Crippen molar-refractivity contribution in [1.29, 1.82) is 0 Å². The van der Waals surface area contributed by atoms with Crippen LogP contribution in [0.25, 0.3) is 0 Å². The Kier molecular flexibility index (Phi) is 3.39. The minimum Gasteiger partial charge on any atom is -0.339 e. The Labute approximate surface area is 101 Å². The van der Waals surface area contributed by atoms with Gasteiger partial charge in [0.15, 0.2) is 0 Å². The first-order valence-corrected chi connectivity index (χ1v) is 7.01. The maximum atomic E-state index is 12.2. The smallest absolute Gasteiger partial charge is 0.226 e. The molecular formula is C12H20BrNO. The molecule has 1 saturated heterocycles. The standard InChI is InChI=1S/C12H20BrNO/c1-3-9-7-10(9)12(15)14-6-4-5-11(13)8(14)2/h8-11H,3-7H2,1-2H3. The number of piperidine rings is 1. The van der Waals surface area contributed by atoms with Gasteiger partial charge in [-0.25, -0.2) is 0 Å². The Balaban J connectivity index is 1.95. The summed E-state index contributed by atoms with van der Waals surface area (Å²) >= 11 is 3.67. The molecule has 0 aromatic rings. The first-order valence-electron chi connectivity index (χ1n) is 6.09. The number of amides is 1. The van der Waals surface area contributed by atoms with Gasteiger partial charge < -0.3 is 4.90 Å². The van der Waals surface area contributed by atoms with Crippen LogP contribution in [0.4, 0.5) is 0 Å². The van der Waals surface area contributed by atoms with Crippen molar-refractivity contribution < 1.29 is 4.79 Å². The lowest BCUT2D eigenvalue weighted by atomic mass is 10.0. The van der Waals surface area contributed by atoms with E-state index in [0.29, 0.717) is 28.6 Å². The van der Waals surface area contributed by atoms with Gasteiger partial charge in [0.25, 0.3) is 0 Å². The molecule has 2 aliphatic rings. The lowest BCUT2D eigenvalue weighted by Gasteiger charge is -2.37. The molecule has 86 valence electrons. The first-order chi connectivity index (χ1) is 7.15. The highest BCUT2D eigenvalue weighted by molar-refractivity contribution is 9.09. The number of halogens is 1. The van der Waals surface area contributed by atoms with Crippen LogP contribution in [0.1, 0.15) is 39.5 Å². The molecule has 2 rings (SSSR count). The zero-order chi connectivity index (χ0) is 11.0. The number of alkyl halides is 1. The zero-order valence-corrected chi connectivity index (χ0v) is 11.2. The fourth-order valence-corrected chi connectivity index (χ4v) is 3.23. The van der Waals surface area contributed by atoms with E-state index >= 15 is 0 Å². The Bertz CT molecular complexity index is 256. The van der Waals surface area contributed by atoms with Crippen molar-refractivity contribution in [2.24, 2.45) is 11.8 Å². The Morgan fingerprint density at radius 2 is 2.27 bits per heavy atom. The van der Waals surface area contributed by atoms with Gasteiger partial charge in [-0.05, 0) is 32.1 Å². The summed E-state index contributed by atoms with van der Waals surface area (Å²) in [6, 6.07) is 0.379. The summed E-state index contributed by atoms with van der Waals surface area (Å²) in [6.07, 6.45) is 4.64. The molecule has 0 N–H and O–H groups in total. The van der Waals surface area contributed by atoms with Gasteiger partial charge in [-0.15, -0.1) is 0 Å². The molecule has 0 spiro atoms. The molecule has 0 aromatic carbocycles. The largest absolute Gasteiger partial charge is 0.339 e. The number of hydrogen-bond acceptors (Lipinski definition) is 1. The first kappa shape index (κ1) is 11.4. The summed E-state index contributed by atoms with van der Waals surface area (Å²) in [5.74, 6) is 1.45. The van der Waals surface area contributed by atoms with E-state index in [0.717, 1.165) is 25.8 Å². The van der Waals surface area contributed by atoms with E-state index in [1.54, 1.807) is 0 Å². The lowest BCUT2D eigenvalue weighted by molar-refractivity contribution is -0.135. The molecule has 2 fully saturated rings. The molecule has 1 saturated carbocycles. The summed E-state index contributed by atoms with van der Waals surface area (Å²) < 4.78 is 0. The fourth-order valence-electron chi connectivity index (χ4n) is 2.62. The van der Waals surface area contributed by atoms with Crippen LogP contribution < -0.4 is 0 Å². The quantitative estimate of drug-likeness (QED) is 0.709. The predicted octanol–water partition coefficient (Wildman–Crippen LogP) is 2.81. The van der Waals surface area contributed by atoms with Gasteiger partial charge in [0.05, 0.1) is 0 Å². The van der Waals surface area contributed by atoms with Crippen LogP contribution in [0.5, 0.6) is 0 Å². The maximum absolute atomic E-state index is 12.2. The van der Waals surface area contributed by atoms with Crippen molar-refractivity contribution >= 4 is 21.8 Å². The lowest BCUT2D eigenvalue weighted by Crippen LogP contribution is -2.48. The summed E-state index contributed by atoms with van der Waals surface area (Å²) in [6.45, 7) is 5.32. The van der Waals surface area contributed by atoms with Crippen LogP contribution >= 0.6 is 15.9 Å². The molecule has 15 heavy (non-hydrogen) atoms. The van der Waals surface area contributed by atoms with Gasteiger partial charge in [-0.1, -0.05) is 29.3 Å². The van der Waals surface area contributed by atoms with E-state index in [1.807, 2.05) is 0 Å². The van der Waals surface area contributed by atoms with Crippen molar-refractivity contribution in [3.8, 4) is 0 Å². The van der Waals surface area contributed by atoms with Crippen molar-refractivity contribution in [3.63, 3.8) is 0 Å². The summed E-state index contributed by atoms with van der Waals surface area (Å²) in [5.41, 5.74) is 0. The highest BCUT2D eigenvalue weighted by atomic mass is 79.9. The van der Waals surface area contributed by atoms with Crippen LogP contribution in [-0.4, -0.2) is 28.2 Å². The van der Waals surface area contributed by atoms with E-state index in [1.165, 1.54) is 6.42 Å². The molecule has 3 heteroatoms. The zero-order valence-electron chi connectivity index (χ0n) is 9.58. The van der Waals surface area contributed by atoms with Crippen LogP contribution in [0.2, 0.25) is 0 Å². The molecule has 1 amide bonds. The van der Waals surface area contributed by atoms with Crippen LogP contribution in [0.3, 0.4) is 0 Å². The van der Waals surface area contributed by atoms with Crippen molar-refractivity contribution in [1.82, 2.24) is 4.90 Å². The molecule has 0 radical (unpaired) electrons. The van der Waals surface area contributed by atoms with Crippen LogP contribution in [-0.2, 0) is 4.79 Å². The summed E-state index contributed by atoms with van der Waals surface area (Å²) in [5, 5.41) is 0. The predicted molar refractivity (Wildman–Crippen MR) is 65.0 cm³/mol. The van der Waals surface area contributed by atoms with E-state index in [2.05, 4.69) is 34.7 Å². The highest BCUT2D eigenvalue weighted by Crippen LogP contribution is 2.43. The molecule has 1 aliphatic heterocycles. The monoisotopic (exact) mass is 273 g/mol. The maximum Gasteiger partial charge on any atom is 0.226 e. The molecule has 2 nitrogen and oxygen atoms in total. The molecule has 0 bridgehead atoms. The van der Waals surface area contributed by atoms with E-state index < -0.39 is 0 Å². The SMILES string of the molecule is CCC1CC1C(=O)N1CCCC(Br)C1C. The Hall–Kier alpha value is -0.0500. The van der Waals surface area contributed by atoms with Gasteiger partial charge in [-0.3, -0.25) is 4.79 Å². The molecule has 0 aromatic heterocycles. The van der Waals surface area contributed by atoms with E-state index in [-0.39, 0.29) is 0 Å². The average molecular weight is 274 g/mol.